The Labute approximate surface area is 181 Å². The zero-order chi connectivity index (χ0) is 21.9. The number of anilines is 2. The summed E-state index contributed by atoms with van der Waals surface area (Å²) >= 11 is 0. The number of benzene rings is 2. The summed E-state index contributed by atoms with van der Waals surface area (Å²) in [7, 11) is 1.81. The molecule has 2 N–H and O–H groups in total. The molecule has 2 aromatic carbocycles. The number of ether oxygens (including phenoxy) is 1. The van der Waals surface area contributed by atoms with Crippen LogP contribution in [0.3, 0.4) is 0 Å². The van der Waals surface area contributed by atoms with Gasteiger partial charge in [0.25, 0.3) is 5.91 Å². The predicted octanol–water partition coefficient (Wildman–Crippen LogP) is 6.06. The molecule has 0 atom stereocenters. The Morgan fingerprint density at radius 2 is 1.74 bits per heavy atom. The number of rotatable bonds is 5. The molecule has 0 aliphatic heterocycles. The second-order valence-electron chi connectivity index (χ2n) is 6.36. The van der Waals surface area contributed by atoms with Crippen LogP contribution < -0.4 is 15.4 Å². The number of nitrogens with one attached hydrogen (secondary N) is 2. The van der Waals surface area contributed by atoms with Crippen LogP contribution in [0.2, 0.25) is 0 Å². The fourth-order valence-electron chi connectivity index (χ4n) is 2.62. The van der Waals surface area contributed by atoms with Crippen molar-refractivity contribution in [3.05, 3.63) is 77.2 Å². The maximum atomic E-state index is 13.9. The van der Waals surface area contributed by atoms with Gasteiger partial charge in [0.2, 0.25) is 5.88 Å². The highest BCUT2D eigenvalue weighted by Crippen LogP contribution is 2.30. The van der Waals surface area contributed by atoms with E-state index in [1.807, 2.05) is 19.1 Å². The van der Waals surface area contributed by atoms with Gasteiger partial charge in [0.05, 0.1) is 23.0 Å². The third-order valence-electron chi connectivity index (χ3n) is 4.21. The highest BCUT2D eigenvalue weighted by Gasteiger charge is 2.31. The summed E-state index contributed by atoms with van der Waals surface area (Å²) in [4.78, 5) is 16.3. The normalized spacial score (nSPS) is 10.8. The second kappa shape index (κ2) is 9.65. The van der Waals surface area contributed by atoms with Gasteiger partial charge in [-0.1, -0.05) is 0 Å². The Bertz CT molecular complexity index is 1070. The maximum absolute atomic E-state index is 13.9. The van der Waals surface area contributed by atoms with E-state index >= 15 is 0 Å². The van der Waals surface area contributed by atoms with Gasteiger partial charge in [-0.3, -0.25) is 4.79 Å². The van der Waals surface area contributed by atoms with Crippen molar-refractivity contribution in [2.45, 2.75) is 13.1 Å². The molecular formula is C21H18ClF4N3O2. The number of hydrogen-bond acceptors (Lipinski definition) is 4. The van der Waals surface area contributed by atoms with Gasteiger partial charge in [-0.2, -0.15) is 13.2 Å². The zero-order valence-corrected chi connectivity index (χ0v) is 17.2. The highest BCUT2D eigenvalue weighted by molar-refractivity contribution is 6.04. The van der Waals surface area contributed by atoms with Crippen LogP contribution in [-0.4, -0.2) is 17.9 Å². The number of pyridine rings is 1. The number of hydrogen-bond donors (Lipinski definition) is 2. The number of carbonyl (C=O) groups is 1. The van der Waals surface area contributed by atoms with Gasteiger partial charge in [0, 0.05) is 18.8 Å². The number of alkyl halides is 3. The van der Waals surface area contributed by atoms with Crippen LogP contribution in [0, 0.1) is 12.7 Å². The van der Waals surface area contributed by atoms with E-state index in [1.165, 1.54) is 18.3 Å². The molecule has 0 saturated carbocycles. The molecule has 164 valence electrons. The van der Waals surface area contributed by atoms with Gasteiger partial charge < -0.3 is 15.4 Å². The van der Waals surface area contributed by atoms with Crippen LogP contribution >= 0.6 is 12.4 Å². The largest absolute Gasteiger partial charge is 0.439 e. The lowest BCUT2D eigenvalue weighted by Gasteiger charge is -2.11. The van der Waals surface area contributed by atoms with E-state index in [-0.39, 0.29) is 30.0 Å². The standard InChI is InChI=1S/C21H17F4N3O2.ClH/c1-12-9-14(26-2)4-7-18(12)30-19-8-5-15(11-27-19)28-20(29)16-6-3-13(10-17(16)22)21(23,24)25;/h3-11,26H,1-2H3,(H,28,29);1H. The van der Waals surface area contributed by atoms with Crippen molar-refractivity contribution < 1.29 is 27.1 Å². The maximum Gasteiger partial charge on any atom is 0.416 e. The van der Waals surface area contributed by atoms with Crippen molar-refractivity contribution in [1.82, 2.24) is 4.98 Å². The number of aromatic nitrogens is 1. The molecule has 0 saturated heterocycles. The van der Waals surface area contributed by atoms with E-state index in [4.69, 9.17) is 4.74 Å². The Balaban J connectivity index is 0.00000341. The SMILES string of the molecule is CNc1ccc(Oc2ccc(NC(=O)c3ccc(C(F)(F)F)cc3F)cn2)c(C)c1.Cl. The molecule has 0 radical (unpaired) electrons. The molecule has 0 aliphatic rings. The number of amides is 1. The second-order valence-corrected chi connectivity index (χ2v) is 6.36. The van der Waals surface area contributed by atoms with Gasteiger partial charge in [-0.05, 0) is 55.0 Å². The summed E-state index contributed by atoms with van der Waals surface area (Å²) < 4.78 is 57.5. The minimum atomic E-state index is -4.69. The van der Waals surface area contributed by atoms with Crippen LogP contribution in [0.25, 0.3) is 0 Å². The van der Waals surface area contributed by atoms with Crippen LogP contribution in [0.4, 0.5) is 28.9 Å². The van der Waals surface area contributed by atoms with Crippen molar-refractivity contribution in [2.75, 3.05) is 17.7 Å². The molecule has 0 unspecified atom stereocenters. The highest BCUT2D eigenvalue weighted by atomic mass is 35.5. The summed E-state index contributed by atoms with van der Waals surface area (Å²) in [5.74, 6) is -1.29. The Morgan fingerprint density at radius 1 is 1.03 bits per heavy atom. The zero-order valence-electron chi connectivity index (χ0n) is 16.4. The fourth-order valence-corrected chi connectivity index (χ4v) is 2.62. The first-order valence-corrected chi connectivity index (χ1v) is 8.78. The van der Waals surface area contributed by atoms with Crippen molar-refractivity contribution >= 4 is 29.7 Å². The number of aryl methyl sites for hydroxylation is 1. The molecule has 0 bridgehead atoms. The van der Waals surface area contributed by atoms with E-state index < -0.39 is 29.0 Å². The summed E-state index contributed by atoms with van der Waals surface area (Å²) in [6, 6.07) is 10.2. The minimum absolute atomic E-state index is 0. The van der Waals surface area contributed by atoms with Crippen LogP contribution in [0.5, 0.6) is 11.6 Å². The molecule has 3 rings (SSSR count). The van der Waals surface area contributed by atoms with Crippen LogP contribution in [-0.2, 0) is 6.18 Å². The van der Waals surface area contributed by atoms with Gasteiger partial charge >= 0.3 is 6.18 Å². The van der Waals surface area contributed by atoms with Crippen LogP contribution in [0.15, 0.2) is 54.7 Å². The van der Waals surface area contributed by atoms with Gasteiger partial charge in [-0.25, -0.2) is 9.37 Å². The molecule has 1 heterocycles. The lowest BCUT2D eigenvalue weighted by atomic mass is 10.1. The predicted molar refractivity (Wildman–Crippen MR) is 112 cm³/mol. The molecule has 0 aliphatic carbocycles. The van der Waals surface area contributed by atoms with Crippen molar-refractivity contribution in [3.8, 4) is 11.6 Å². The quantitative estimate of drug-likeness (QED) is 0.459. The van der Waals surface area contributed by atoms with Gasteiger partial charge in [0.1, 0.15) is 11.6 Å². The first-order chi connectivity index (χ1) is 14.2. The fraction of sp³-hybridized carbons (Fsp3) is 0.143. The van der Waals surface area contributed by atoms with E-state index in [9.17, 15) is 22.4 Å². The molecule has 3 aromatic rings. The van der Waals surface area contributed by atoms with Gasteiger partial charge in [0.15, 0.2) is 0 Å². The first-order valence-electron chi connectivity index (χ1n) is 8.78. The monoisotopic (exact) mass is 455 g/mol. The summed E-state index contributed by atoms with van der Waals surface area (Å²) in [6.45, 7) is 1.88. The molecule has 0 spiro atoms. The average Bonchev–Trinajstić information content (AvgIpc) is 2.70. The average molecular weight is 456 g/mol. The topological polar surface area (TPSA) is 63.2 Å². The molecule has 31 heavy (non-hydrogen) atoms. The third kappa shape index (κ3) is 5.85. The summed E-state index contributed by atoms with van der Waals surface area (Å²) in [6.07, 6.45) is -3.39. The number of nitrogens with zero attached hydrogens (tertiary/aromatic N) is 1. The molecule has 1 aromatic heterocycles. The summed E-state index contributed by atoms with van der Waals surface area (Å²) in [5.41, 5.74) is 0.371. The first kappa shape index (κ1) is 23.9. The molecule has 1 amide bonds. The van der Waals surface area contributed by atoms with E-state index in [0.717, 1.165) is 17.3 Å². The Morgan fingerprint density at radius 3 is 2.29 bits per heavy atom. The third-order valence-corrected chi connectivity index (χ3v) is 4.21. The molecule has 5 nitrogen and oxygen atoms in total. The lowest BCUT2D eigenvalue weighted by molar-refractivity contribution is -0.137. The molecule has 10 heteroatoms. The Kier molecular flexibility index (Phi) is 7.46. The minimum Gasteiger partial charge on any atom is -0.439 e. The number of halogens is 5. The van der Waals surface area contributed by atoms with Crippen molar-refractivity contribution in [2.24, 2.45) is 0 Å². The van der Waals surface area contributed by atoms with E-state index in [1.54, 1.807) is 13.1 Å². The smallest absolute Gasteiger partial charge is 0.416 e. The van der Waals surface area contributed by atoms with Gasteiger partial charge in [-0.15, -0.1) is 12.4 Å². The molecule has 0 fully saturated rings. The van der Waals surface area contributed by atoms with Crippen LogP contribution in [0.1, 0.15) is 21.5 Å². The molecular weight excluding hydrogens is 438 g/mol. The lowest BCUT2D eigenvalue weighted by Crippen LogP contribution is -2.15. The number of carbonyl (C=O) groups excluding carboxylic acids is 1. The van der Waals surface area contributed by atoms with Crippen molar-refractivity contribution in [3.63, 3.8) is 0 Å². The van der Waals surface area contributed by atoms with Crippen molar-refractivity contribution in [1.29, 1.82) is 0 Å². The summed E-state index contributed by atoms with van der Waals surface area (Å²) in [5, 5.41) is 5.41. The van der Waals surface area contributed by atoms with E-state index in [2.05, 4.69) is 15.6 Å². The van der Waals surface area contributed by atoms with E-state index in [0.29, 0.717) is 11.8 Å². The Hall–Kier alpha value is -3.33.